The third-order valence-electron chi connectivity index (χ3n) is 2.74. The predicted octanol–water partition coefficient (Wildman–Crippen LogP) is 4.96. The number of hydrogen-bond acceptors (Lipinski definition) is 1. The van der Waals surface area contributed by atoms with E-state index in [1.54, 1.807) is 12.1 Å². The van der Waals surface area contributed by atoms with Crippen molar-refractivity contribution in [2.45, 2.75) is 6.04 Å². The van der Waals surface area contributed by atoms with E-state index in [9.17, 15) is 0 Å². The largest absolute Gasteiger partial charge is 0.309 e. The zero-order valence-corrected chi connectivity index (χ0v) is 12.0. The molecule has 0 amide bonds. The first-order valence-electron chi connectivity index (χ1n) is 5.49. The third kappa shape index (κ3) is 2.99. The Labute approximate surface area is 122 Å². The minimum atomic E-state index is -0.0325. The van der Waals surface area contributed by atoms with Gasteiger partial charge in [0.15, 0.2) is 0 Å². The van der Waals surface area contributed by atoms with Crippen molar-refractivity contribution in [1.29, 1.82) is 0 Å². The van der Waals surface area contributed by atoms with Crippen molar-refractivity contribution in [1.82, 2.24) is 5.32 Å². The molecule has 1 nitrogen and oxygen atoms in total. The molecule has 0 spiro atoms. The molecule has 2 aromatic carbocycles. The van der Waals surface area contributed by atoms with E-state index in [0.29, 0.717) is 15.1 Å². The molecule has 0 aliphatic rings. The standard InChI is InChI=1S/C14H12Cl3N/c1-18-14(9-3-2-4-10(15)7-9)12-8-11(16)5-6-13(12)17/h2-8,14,18H,1H3. The molecule has 0 aliphatic heterocycles. The Bertz CT molecular complexity index is 554. The van der Waals surface area contributed by atoms with E-state index in [-0.39, 0.29) is 6.04 Å². The summed E-state index contributed by atoms with van der Waals surface area (Å²) in [5.74, 6) is 0. The van der Waals surface area contributed by atoms with E-state index in [1.165, 1.54) is 0 Å². The molecule has 0 saturated carbocycles. The van der Waals surface area contributed by atoms with Gasteiger partial charge in [-0.3, -0.25) is 0 Å². The topological polar surface area (TPSA) is 12.0 Å². The van der Waals surface area contributed by atoms with Crippen LogP contribution in [0.4, 0.5) is 0 Å². The van der Waals surface area contributed by atoms with Crippen LogP contribution >= 0.6 is 34.8 Å². The van der Waals surface area contributed by atoms with Gasteiger partial charge in [-0.1, -0.05) is 46.9 Å². The smallest absolute Gasteiger partial charge is 0.0590 e. The highest BCUT2D eigenvalue weighted by atomic mass is 35.5. The lowest BCUT2D eigenvalue weighted by Crippen LogP contribution is -2.18. The molecule has 0 aliphatic carbocycles. The summed E-state index contributed by atoms with van der Waals surface area (Å²) < 4.78 is 0. The highest BCUT2D eigenvalue weighted by Crippen LogP contribution is 2.31. The third-order valence-corrected chi connectivity index (χ3v) is 3.55. The average Bonchev–Trinajstić information content (AvgIpc) is 2.35. The monoisotopic (exact) mass is 299 g/mol. The van der Waals surface area contributed by atoms with Crippen molar-refractivity contribution in [3.05, 3.63) is 68.7 Å². The van der Waals surface area contributed by atoms with Crippen LogP contribution in [0.15, 0.2) is 42.5 Å². The maximum absolute atomic E-state index is 6.23. The zero-order chi connectivity index (χ0) is 13.1. The van der Waals surface area contributed by atoms with Gasteiger partial charge in [-0.05, 0) is 48.5 Å². The van der Waals surface area contributed by atoms with Gasteiger partial charge in [0.05, 0.1) is 6.04 Å². The molecular formula is C14H12Cl3N. The van der Waals surface area contributed by atoms with E-state index in [2.05, 4.69) is 5.32 Å². The molecule has 0 saturated heterocycles. The quantitative estimate of drug-likeness (QED) is 0.845. The van der Waals surface area contributed by atoms with Crippen LogP contribution in [0.3, 0.4) is 0 Å². The fourth-order valence-electron chi connectivity index (χ4n) is 1.92. The first kappa shape index (κ1) is 13.7. The number of nitrogens with one attached hydrogen (secondary N) is 1. The van der Waals surface area contributed by atoms with Gasteiger partial charge in [0.25, 0.3) is 0 Å². The molecule has 0 heterocycles. The molecule has 1 N–H and O–H groups in total. The summed E-state index contributed by atoms with van der Waals surface area (Å²) in [4.78, 5) is 0. The molecule has 2 aromatic rings. The van der Waals surface area contributed by atoms with E-state index in [1.807, 2.05) is 37.4 Å². The van der Waals surface area contributed by atoms with Gasteiger partial charge in [-0.25, -0.2) is 0 Å². The summed E-state index contributed by atoms with van der Waals surface area (Å²) in [6.07, 6.45) is 0. The second-order valence-corrected chi connectivity index (χ2v) is 5.22. The van der Waals surface area contributed by atoms with Crippen LogP contribution in [0, 0.1) is 0 Å². The molecule has 1 unspecified atom stereocenters. The van der Waals surface area contributed by atoms with Crippen molar-refractivity contribution >= 4 is 34.8 Å². The number of halogens is 3. The maximum Gasteiger partial charge on any atom is 0.0590 e. The minimum Gasteiger partial charge on any atom is -0.309 e. The van der Waals surface area contributed by atoms with Crippen molar-refractivity contribution in [2.24, 2.45) is 0 Å². The molecule has 0 aromatic heterocycles. The van der Waals surface area contributed by atoms with Crippen LogP contribution in [-0.4, -0.2) is 7.05 Å². The summed E-state index contributed by atoms with van der Waals surface area (Å²) in [6.45, 7) is 0. The summed E-state index contributed by atoms with van der Waals surface area (Å²) in [6, 6.07) is 13.1. The average molecular weight is 301 g/mol. The van der Waals surface area contributed by atoms with Crippen molar-refractivity contribution in [3.8, 4) is 0 Å². The summed E-state index contributed by atoms with van der Waals surface area (Å²) in [7, 11) is 1.88. The van der Waals surface area contributed by atoms with Crippen molar-refractivity contribution < 1.29 is 0 Å². The zero-order valence-electron chi connectivity index (χ0n) is 9.75. The summed E-state index contributed by atoms with van der Waals surface area (Å²) in [5, 5.41) is 5.27. The van der Waals surface area contributed by atoms with Gasteiger partial charge in [0.1, 0.15) is 0 Å². The lowest BCUT2D eigenvalue weighted by atomic mass is 9.99. The van der Waals surface area contributed by atoms with Crippen LogP contribution in [0.25, 0.3) is 0 Å². The lowest BCUT2D eigenvalue weighted by molar-refractivity contribution is 0.692. The van der Waals surface area contributed by atoms with Crippen LogP contribution < -0.4 is 5.32 Å². The van der Waals surface area contributed by atoms with E-state index < -0.39 is 0 Å². The Morgan fingerprint density at radius 2 is 1.67 bits per heavy atom. The molecule has 0 radical (unpaired) electrons. The molecule has 0 bridgehead atoms. The van der Waals surface area contributed by atoms with Crippen LogP contribution in [0.5, 0.6) is 0 Å². The first-order valence-corrected chi connectivity index (χ1v) is 6.63. The van der Waals surface area contributed by atoms with Crippen LogP contribution in [0.1, 0.15) is 17.2 Å². The van der Waals surface area contributed by atoms with Crippen molar-refractivity contribution in [2.75, 3.05) is 7.05 Å². The summed E-state index contributed by atoms with van der Waals surface area (Å²) >= 11 is 18.3. The Morgan fingerprint density at radius 1 is 0.944 bits per heavy atom. The number of benzene rings is 2. The molecule has 4 heteroatoms. The molecule has 2 rings (SSSR count). The van der Waals surface area contributed by atoms with Crippen LogP contribution in [0.2, 0.25) is 15.1 Å². The fraction of sp³-hybridized carbons (Fsp3) is 0.143. The fourth-order valence-corrected chi connectivity index (χ4v) is 2.53. The normalized spacial score (nSPS) is 12.4. The Balaban J connectivity index is 2.48. The highest BCUT2D eigenvalue weighted by molar-refractivity contribution is 6.33. The van der Waals surface area contributed by atoms with Gasteiger partial charge < -0.3 is 5.32 Å². The summed E-state index contributed by atoms with van der Waals surface area (Å²) in [5.41, 5.74) is 1.99. The molecular weight excluding hydrogens is 289 g/mol. The first-order chi connectivity index (χ1) is 8.61. The van der Waals surface area contributed by atoms with Gasteiger partial charge in [0, 0.05) is 15.1 Å². The second kappa shape index (κ2) is 5.94. The Hall–Kier alpha value is -0.730. The number of rotatable bonds is 3. The van der Waals surface area contributed by atoms with Gasteiger partial charge >= 0.3 is 0 Å². The molecule has 94 valence electrons. The van der Waals surface area contributed by atoms with E-state index in [0.717, 1.165) is 11.1 Å². The SMILES string of the molecule is CNC(c1cccc(Cl)c1)c1cc(Cl)ccc1Cl. The van der Waals surface area contributed by atoms with Gasteiger partial charge in [-0.15, -0.1) is 0 Å². The molecule has 0 fully saturated rings. The Morgan fingerprint density at radius 3 is 2.33 bits per heavy atom. The van der Waals surface area contributed by atoms with Crippen LogP contribution in [-0.2, 0) is 0 Å². The lowest BCUT2D eigenvalue weighted by Gasteiger charge is -2.19. The second-order valence-electron chi connectivity index (χ2n) is 3.94. The predicted molar refractivity (Wildman–Crippen MR) is 78.8 cm³/mol. The molecule has 1 atom stereocenters. The minimum absolute atomic E-state index is 0.0325. The van der Waals surface area contributed by atoms with Gasteiger partial charge in [-0.2, -0.15) is 0 Å². The van der Waals surface area contributed by atoms with E-state index in [4.69, 9.17) is 34.8 Å². The molecule has 18 heavy (non-hydrogen) atoms. The van der Waals surface area contributed by atoms with Gasteiger partial charge in [0.2, 0.25) is 0 Å². The highest BCUT2D eigenvalue weighted by Gasteiger charge is 2.15. The van der Waals surface area contributed by atoms with E-state index >= 15 is 0 Å². The Kier molecular flexibility index (Phi) is 4.52. The maximum atomic E-state index is 6.23. The number of hydrogen-bond donors (Lipinski definition) is 1. The van der Waals surface area contributed by atoms with Crippen molar-refractivity contribution in [3.63, 3.8) is 0 Å².